The maximum atomic E-state index is 12.6. The maximum absolute atomic E-state index is 12.6. The van der Waals surface area contributed by atoms with E-state index in [0.29, 0.717) is 17.5 Å². The van der Waals surface area contributed by atoms with E-state index in [-0.39, 0.29) is 17.6 Å². The zero-order valence-corrected chi connectivity index (χ0v) is 18.7. The lowest BCUT2D eigenvalue weighted by molar-refractivity contribution is 0.0766. The first kappa shape index (κ1) is 21.3. The van der Waals surface area contributed by atoms with Crippen LogP contribution >= 0.6 is 0 Å². The Bertz CT molecular complexity index is 919. The van der Waals surface area contributed by atoms with Crippen molar-refractivity contribution < 1.29 is 14.3 Å². The predicted molar refractivity (Wildman–Crippen MR) is 118 cm³/mol. The lowest BCUT2D eigenvalue weighted by Crippen LogP contribution is -2.54. The van der Waals surface area contributed by atoms with E-state index in [0.717, 1.165) is 55.9 Å². The first-order valence-corrected chi connectivity index (χ1v) is 10.9. The molecular weight excluding hydrogens is 394 g/mol. The number of rotatable bonds is 6. The first-order valence-electron chi connectivity index (χ1n) is 10.9. The van der Waals surface area contributed by atoms with Crippen LogP contribution in [0, 0.1) is 12.8 Å². The molecule has 2 aromatic rings. The number of carbonyl (C=O) groups excluding carboxylic acids is 1. The summed E-state index contributed by atoms with van der Waals surface area (Å²) in [6, 6.07) is 5.52. The number of aryl methyl sites for hydroxylation is 1. The monoisotopic (exact) mass is 425 g/mol. The molecule has 1 amide bonds. The molecule has 4 rings (SSSR count). The summed E-state index contributed by atoms with van der Waals surface area (Å²) in [5.74, 6) is 2.68. The number of amides is 1. The molecule has 0 bridgehead atoms. The van der Waals surface area contributed by atoms with Crippen LogP contribution in [0.3, 0.4) is 0 Å². The lowest BCUT2D eigenvalue weighted by Gasteiger charge is -2.44. The number of nitrogens with zero attached hydrogens (tertiary/aromatic N) is 4. The second-order valence-corrected chi connectivity index (χ2v) is 9.10. The summed E-state index contributed by atoms with van der Waals surface area (Å²) < 4.78 is 11.1. The van der Waals surface area contributed by atoms with Crippen molar-refractivity contribution >= 4 is 11.7 Å². The minimum Gasteiger partial charge on any atom is -0.489 e. The molecule has 1 N–H and O–H groups in total. The van der Waals surface area contributed by atoms with Gasteiger partial charge in [-0.15, -0.1) is 10.2 Å². The highest BCUT2D eigenvalue weighted by atomic mass is 16.5. The zero-order valence-electron chi connectivity index (χ0n) is 18.7. The van der Waals surface area contributed by atoms with E-state index in [1.807, 2.05) is 19.1 Å². The van der Waals surface area contributed by atoms with Gasteiger partial charge in [0, 0.05) is 37.5 Å². The Labute approximate surface area is 183 Å². The summed E-state index contributed by atoms with van der Waals surface area (Å²) in [6.45, 7) is 7.93. The molecule has 3 heterocycles. The highest BCUT2D eigenvalue weighted by molar-refractivity contribution is 5.93. The number of ether oxygens (including phenoxy) is 2. The standard InChI is InChI=1S/C23H31N5O3/c1-15-12-23(3,13-15)25-22(29)19-11-16(2)21(27-26-19)28-9-7-17(8-10-28)31-18-5-6-20(30-4)24-14-18/h5-6,11,14-15,17H,7-10,12-13H2,1-4H3,(H,25,29). The fraction of sp³-hybridized carbons (Fsp3) is 0.565. The van der Waals surface area contributed by atoms with Gasteiger partial charge in [-0.1, -0.05) is 6.92 Å². The predicted octanol–water partition coefficient (Wildman–Crippen LogP) is 3.15. The average Bonchev–Trinajstić information content (AvgIpc) is 2.74. The molecule has 2 aliphatic rings. The molecule has 1 aliphatic heterocycles. The fourth-order valence-electron chi connectivity index (χ4n) is 4.76. The van der Waals surface area contributed by atoms with Gasteiger partial charge in [0.1, 0.15) is 11.9 Å². The van der Waals surface area contributed by atoms with Crippen molar-refractivity contribution in [1.82, 2.24) is 20.5 Å². The molecule has 0 unspecified atom stereocenters. The lowest BCUT2D eigenvalue weighted by atomic mass is 9.70. The number of hydrogen-bond acceptors (Lipinski definition) is 7. The Balaban J connectivity index is 1.32. The largest absolute Gasteiger partial charge is 0.489 e. The van der Waals surface area contributed by atoms with Crippen molar-refractivity contribution in [1.29, 1.82) is 0 Å². The van der Waals surface area contributed by atoms with Crippen LogP contribution in [0.5, 0.6) is 11.6 Å². The van der Waals surface area contributed by atoms with E-state index >= 15 is 0 Å². The van der Waals surface area contributed by atoms with Crippen molar-refractivity contribution in [3.8, 4) is 11.6 Å². The van der Waals surface area contributed by atoms with Crippen molar-refractivity contribution in [2.45, 2.75) is 58.1 Å². The number of piperidine rings is 1. The number of nitrogens with one attached hydrogen (secondary N) is 1. The molecule has 1 aliphatic carbocycles. The quantitative estimate of drug-likeness (QED) is 0.760. The molecule has 0 spiro atoms. The second-order valence-electron chi connectivity index (χ2n) is 9.10. The Morgan fingerprint density at radius 2 is 1.97 bits per heavy atom. The molecule has 1 saturated carbocycles. The van der Waals surface area contributed by atoms with Gasteiger partial charge in [-0.2, -0.15) is 0 Å². The molecule has 31 heavy (non-hydrogen) atoms. The van der Waals surface area contributed by atoms with E-state index in [1.165, 1.54) is 0 Å². The summed E-state index contributed by atoms with van der Waals surface area (Å²) >= 11 is 0. The van der Waals surface area contributed by atoms with Gasteiger partial charge >= 0.3 is 0 Å². The normalized spacial score (nSPS) is 23.7. The van der Waals surface area contributed by atoms with E-state index in [1.54, 1.807) is 19.4 Å². The maximum Gasteiger partial charge on any atom is 0.272 e. The van der Waals surface area contributed by atoms with Gasteiger partial charge in [0.05, 0.1) is 13.3 Å². The Morgan fingerprint density at radius 1 is 1.23 bits per heavy atom. The smallest absolute Gasteiger partial charge is 0.272 e. The highest BCUT2D eigenvalue weighted by Crippen LogP contribution is 2.37. The second kappa shape index (κ2) is 8.69. The molecule has 1 saturated heterocycles. The summed E-state index contributed by atoms with van der Waals surface area (Å²) in [7, 11) is 1.59. The van der Waals surface area contributed by atoms with Gasteiger partial charge in [0.2, 0.25) is 5.88 Å². The average molecular weight is 426 g/mol. The molecular formula is C23H31N5O3. The van der Waals surface area contributed by atoms with Crippen LogP contribution in [0.25, 0.3) is 0 Å². The third-order valence-electron chi connectivity index (χ3n) is 6.17. The topological polar surface area (TPSA) is 89.5 Å². The van der Waals surface area contributed by atoms with Crippen LogP contribution in [0.1, 0.15) is 55.6 Å². The van der Waals surface area contributed by atoms with Crippen LogP contribution < -0.4 is 19.7 Å². The number of pyridine rings is 1. The van der Waals surface area contributed by atoms with Crippen molar-refractivity contribution in [2.75, 3.05) is 25.1 Å². The molecule has 0 atom stereocenters. The highest BCUT2D eigenvalue weighted by Gasteiger charge is 2.39. The van der Waals surface area contributed by atoms with Crippen LogP contribution in [-0.2, 0) is 0 Å². The van der Waals surface area contributed by atoms with Gasteiger partial charge in [-0.3, -0.25) is 4.79 Å². The Hall–Kier alpha value is -2.90. The molecule has 0 aromatic carbocycles. The van der Waals surface area contributed by atoms with Crippen LogP contribution in [0.4, 0.5) is 5.82 Å². The van der Waals surface area contributed by atoms with Crippen molar-refractivity contribution in [3.63, 3.8) is 0 Å². The molecule has 2 aromatic heterocycles. The third-order valence-corrected chi connectivity index (χ3v) is 6.17. The number of methoxy groups -OCH3 is 1. The molecule has 2 fully saturated rings. The number of anilines is 1. The van der Waals surface area contributed by atoms with Crippen LogP contribution in [0.2, 0.25) is 0 Å². The van der Waals surface area contributed by atoms with E-state index in [2.05, 4.69) is 39.2 Å². The summed E-state index contributed by atoms with van der Waals surface area (Å²) in [5, 5.41) is 11.7. The third kappa shape index (κ3) is 4.89. The van der Waals surface area contributed by atoms with E-state index in [9.17, 15) is 4.79 Å². The number of aromatic nitrogens is 3. The minimum atomic E-state index is -0.142. The van der Waals surface area contributed by atoms with Crippen LogP contribution in [0.15, 0.2) is 24.4 Å². The molecule has 166 valence electrons. The summed E-state index contributed by atoms with van der Waals surface area (Å²) in [5.41, 5.74) is 1.23. The van der Waals surface area contributed by atoms with Crippen molar-refractivity contribution in [3.05, 3.63) is 35.7 Å². The van der Waals surface area contributed by atoms with E-state index in [4.69, 9.17) is 9.47 Å². The van der Waals surface area contributed by atoms with Gasteiger partial charge in [0.15, 0.2) is 11.5 Å². The van der Waals surface area contributed by atoms with Crippen LogP contribution in [-0.4, -0.2) is 52.9 Å². The molecule has 0 radical (unpaired) electrons. The summed E-state index contributed by atoms with van der Waals surface area (Å²) in [4.78, 5) is 19.0. The molecule has 8 nitrogen and oxygen atoms in total. The SMILES string of the molecule is COc1ccc(OC2CCN(c3nnc(C(=O)NC4(C)CC(C)C4)cc3C)CC2)cn1. The van der Waals surface area contributed by atoms with Crippen molar-refractivity contribution in [2.24, 2.45) is 5.92 Å². The van der Waals surface area contributed by atoms with Gasteiger partial charge in [-0.05, 0) is 50.3 Å². The number of hydrogen-bond donors (Lipinski definition) is 1. The Kier molecular flexibility index (Phi) is 5.98. The summed E-state index contributed by atoms with van der Waals surface area (Å²) in [6.07, 6.45) is 5.60. The fourth-order valence-corrected chi connectivity index (χ4v) is 4.76. The first-order chi connectivity index (χ1) is 14.8. The Morgan fingerprint density at radius 3 is 2.55 bits per heavy atom. The minimum absolute atomic E-state index is 0.119. The van der Waals surface area contributed by atoms with Gasteiger partial charge < -0.3 is 19.7 Å². The molecule has 8 heteroatoms. The number of carbonyl (C=O) groups is 1. The van der Waals surface area contributed by atoms with Gasteiger partial charge in [-0.25, -0.2) is 4.98 Å². The van der Waals surface area contributed by atoms with Gasteiger partial charge in [0.25, 0.3) is 5.91 Å². The zero-order chi connectivity index (χ0) is 22.0. The van der Waals surface area contributed by atoms with E-state index < -0.39 is 0 Å².